The molecule has 2 heterocycles. The molecular formula is C19H28N4O2. The average molecular weight is 344 g/mol. The lowest BCUT2D eigenvalue weighted by molar-refractivity contribution is -0.121. The summed E-state index contributed by atoms with van der Waals surface area (Å²) in [6.07, 6.45) is 2.22. The normalized spacial score (nSPS) is 24.8. The van der Waals surface area contributed by atoms with E-state index in [-0.39, 0.29) is 17.4 Å². The van der Waals surface area contributed by atoms with E-state index in [4.69, 9.17) is 0 Å². The average Bonchev–Trinajstić information content (AvgIpc) is 2.79. The number of carbonyl (C=O) groups excluding carboxylic acids is 2. The Morgan fingerprint density at radius 2 is 2.04 bits per heavy atom. The molecular weight excluding hydrogens is 316 g/mol. The maximum atomic E-state index is 13.1. The molecule has 0 aliphatic carbocycles. The van der Waals surface area contributed by atoms with Crippen LogP contribution in [0.4, 0.5) is 5.69 Å². The molecule has 1 aromatic carbocycles. The Kier molecular flexibility index (Phi) is 4.99. The second-order valence-corrected chi connectivity index (χ2v) is 7.42. The first-order valence-electron chi connectivity index (χ1n) is 8.96. The van der Waals surface area contributed by atoms with E-state index in [2.05, 4.69) is 17.3 Å². The van der Waals surface area contributed by atoms with E-state index in [9.17, 15) is 9.59 Å². The second kappa shape index (κ2) is 7.04. The van der Waals surface area contributed by atoms with E-state index in [1.165, 1.54) is 0 Å². The van der Waals surface area contributed by atoms with Gasteiger partial charge in [0.25, 0.3) is 5.91 Å². The van der Waals surface area contributed by atoms with Crippen molar-refractivity contribution in [2.75, 3.05) is 52.2 Å². The fourth-order valence-electron chi connectivity index (χ4n) is 3.87. The molecule has 136 valence electrons. The second-order valence-electron chi connectivity index (χ2n) is 7.42. The van der Waals surface area contributed by atoms with Crippen LogP contribution < -0.4 is 10.2 Å². The minimum atomic E-state index is -0.105. The van der Waals surface area contributed by atoms with Gasteiger partial charge in [-0.25, -0.2) is 0 Å². The largest absolute Gasteiger partial charge is 0.378 e. The molecule has 2 aliphatic rings. The molecule has 0 aromatic heterocycles. The first-order valence-corrected chi connectivity index (χ1v) is 8.96. The maximum Gasteiger partial charge on any atom is 0.254 e. The molecule has 1 spiro atoms. The van der Waals surface area contributed by atoms with Crippen LogP contribution in [-0.2, 0) is 4.79 Å². The van der Waals surface area contributed by atoms with Crippen LogP contribution >= 0.6 is 0 Å². The molecule has 2 amide bonds. The molecule has 1 unspecified atom stereocenters. The first kappa shape index (κ1) is 17.7. The van der Waals surface area contributed by atoms with Crippen LogP contribution in [0.1, 0.15) is 29.6 Å². The summed E-state index contributed by atoms with van der Waals surface area (Å²) < 4.78 is 0. The van der Waals surface area contributed by atoms with Gasteiger partial charge in [0.1, 0.15) is 0 Å². The highest BCUT2D eigenvalue weighted by atomic mass is 16.2. The highest BCUT2D eigenvalue weighted by Gasteiger charge is 2.42. The molecule has 25 heavy (non-hydrogen) atoms. The van der Waals surface area contributed by atoms with E-state index in [0.717, 1.165) is 37.2 Å². The zero-order valence-electron chi connectivity index (χ0n) is 15.4. The Hall–Kier alpha value is -2.08. The van der Waals surface area contributed by atoms with Crippen LogP contribution in [0.5, 0.6) is 0 Å². The molecule has 1 N–H and O–H groups in total. The molecule has 2 fully saturated rings. The van der Waals surface area contributed by atoms with Crippen LogP contribution in [0.2, 0.25) is 0 Å². The van der Waals surface area contributed by atoms with E-state index in [0.29, 0.717) is 19.5 Å². The summed E-state index contributed by atoms with van der Waals surface area (Å²) >= 11 is 0. The van der Waals surface area contributed by atoms with Crippen molar-refractivity contribution >= 4 is 17.5 Å². The van der Waals surface area contributed by atoms with Gasteiger partial charge in [-0.05, 0) is 38.1 Å². The number of carbonyl (C=O) groups is 2. The molecule has 1 atom stereocenters. The van der Waals surface area contributed by atoms with Gasteiger partial charge in [0.15, 0.2) is 0 Å². The van der Waals surface area contributed by atoms with Crippen molar-refractivity contribution in [3.8, 4) is 0 Å². The summed E-state index contributed by atoms with van der Waals surface area (Å²) in [5, 5.41) is 2.96. The summed E-state index contributed by atoms with van der Waals surface area (Å²) in [7, 11) is 6.07. The highest BCUT2D eigenvalue weighted by molar-refractivity contribution is 5.95. The van der Waals surface area contributed by atoms with Crippen LogP contribution in [0.25, 0.3) is 0 Å². The lowest BCUT2D eigenvalue weighted by atomic mass is 9.86. The molecule has 3 rings (SSSR count). The molecule has 0 saturated carbocycles. The summed E-state index contributed by atoms with van der Waals surface area (Å²) in [5.41, 5.74) is 1.65. The van der Waals surface area contributed by atoms with Gasteiger partial charge in [0.05, 0.1) is 0 Å². The number of nitrogens with one attached hydrogen (secondary N) is 1. The fourth-order valence-corrected chi connectivity index (χ4v) is 3.87. The van der Waals surface area contributed by atoms with Gasteiger partial charge < -0.3 is 15.1 Å². The third kappa shape index (κ3) is 3.63. The van der Waals surface area contributed by atoms with Gasteiger partial charge in [0.2, 0.25) is 5.91 Å². The van der Waals surface area contributed by atoms with Crippen LogP contribution in [0.3, 0.4) is 0 Å². The third-order valence-electron chi connectivity index (χ3n) is 5.63. The molecule has 6 nitrogen and oxygen atoms in total. The van der Waals surface area contributed by atoms with Gasteiger partial charge in [-0.15, -0.1) is 0 Å². The number of likely N-dealkylation sites (N-methyl/N-ethyl adjacent to an activating group) is 1. The van der Waals surface area contributed by atoms with E-state index in [1.807, 2.05) is 48.2 Å². The minimum absolute atomic E-state index is 0.0831. The van der Waals surface area contributed by atoms with E-state index < -0.39 is 0 Å². The summed E-state index contributed by atoms with van der Waals surface area (Å²) in [5.74, 6) is 0.201. The summed E-state index contributed by atoms with van der Waals surface area (Å²) in [4.78, 5) is 31.1. The topological polar surface area (TPSA) is 55.9 Å². The monoisotopic (exact) mass is 344 g/mol. The lowest BCUT2D eigenvalue weighted by Crippen LogP contribution is -2.62. The SMILES string of the molecule is CN(C)c1cccc(C(=O)N2CCN(C)C3(CCNC(=O)CC3)C2)c1. The fraction of sp³-hybridized carbons (Fsp3) is 0.579. The third-order valence-corrected chi connectivity index (χ3v) is 5.63. The Morgan fingerprint density at radius 3 is 2.80 bits per heavy atom. The van der Waals surface area contributed by atoms with Crippen molar-refractivity contribution in [2.45, 2.75) is 24.8 Å². The number of hydrogen-bond donors (Lipinski definition) is 1. The maximum absolute atomic E-state index is 13.1. The number of piperazine rings is 1. The molecule has 2 saturated heterocycles. The molecule has 0 bridgehead atoms. The predicted molar refractivity (Wildman–Crippen MR) is 98.9 cm³/mol. The molecule has 6 heteroatoms. The van der Waals surface area contributed by atoms with Crippen molar-refractivity contribution in [1.82, 2.24) is 15.1 Å². The number of nitrogens with zero attached hydrogens (tertiary/aromatic N) is 3. The van der Waals surface area contributed by atoms with Gasteiger partial charge in [-0.1, -0.05) is 6.07 Å². The number of amides is 2. The van der Waals surface area contributed by atoms with Crippen molar-refractivity contribution in [3.05, 3.63) is 29.8 Å². The van der Waals surface area contributed by atoms with E-state index >= 15 is 0 Å². The summed E-state index contributed by atoms with van der Waals surface area (Å²) in [6, 6.07) is 7.78. The Bertz CT molecular complexity index is 661. The number of anilines is 1. The van der Waals surface area contributed by atoms with Gasteiger partial charge in [0, 0.05) is 63.5 Å². The molecule has 1 aromatic rings. The predicted octanol–water partition coefficient (Wildman–Crippen LogP) is 1.18. The number of hydrogen-bond acceptors (Lipinski definition) is 4. The lowest BCUT2D eigenvalue weighted by Gasteiger charge is -2.49. The van der Waals surface area contributed by atoms with Crippen LogP contribution in [0, 0.1) is 0 Å². The van der Waals surface area contributed by atoms with Crippen molar-refractivity contribution < 1.29 is 9.59 Å². The first-order chi connectivity index (χ1) is 11.9. The number of rotatable bonds is 2. The van der Waals surface area contributed by atoms with Crippen molar-refractivity contribution in [3.63, 3.8) is 0 Å². The summed E-state index contributed by atoms with van der Waals surface area (Å²) in [6.45, 7) is 2.93. The van der Waals surface area contributed by atoms with Gasteiger partial charge in [-0.3, -0.25) is 14.5 Å². The van der Waals surface area contributed by atoms with Crippen molar-refractivity contribution in [2.24, 2.45) is 0 Å². The van der Waals surface area contributed by atoms with Gasteiger partial charge in [-0.2, -0.15) is 0 Å². The Balaban J connectivity index is 1.79. The molecule has 0 radical (unpaired) electrons. The Labute approximate surface area is 149 Å². The van der Waals surface area contributed by atoms with Gasteiger partial charge >= 0.3 is 0 Å². The zero-order valence-corrected chi connectivity index (χ0v) is 15.4. The zero-order chi connectivity index (χ0) is 18.0. The highest BCUT2D eigenvalue weighted by Crippen LogP contribution is 2.31. The minimum Gasteiger partial charge on any atom is -0.378 e. The standard InChI is InChI=1S/C19H28N4O2/c1-21(2)16-6-4-5-15(13-16)18(25)23-12-11-22(3)19(14-23)8-7-17(24)20-10-9-19/h4-6,13H,7-12,14H2,1-3H3,(H,20,24). The smallest absolute Gasteiger partial charge is 0.254 e. The molecule has 2 aliphatic heterocycles. The van der Waals surface area contributed by atoms with Crippen LogP contribution in [-0.4, -0.2) is 74.5 Å². The Morgan fingerprint density at radius 1 is 1.24 bits per heavy atom. The number of benzene rings is 1. The van der Waals surface area contributed by atoms with Crippen LogP contribution in [0.15, 0.2) is 24.3 Å². The van der Waals surface area contributed by atoms with Crippen molar-refractivity contribution in [1.29, 1.82) is 0 Å². The quantitative estimate of drug-likeness (QED) is 0.875. The van der Waals surface area contributed by atoms with E-state index in [1.54, 1.807) is 0 Å².